The summed E-state index contributed by atoms with van der Waals surface area (Å²) < 4.78 is 0. The number of benzene rings is 5. The Labute approximate surface area is 320 Å². The van der Waals surface area contributed by atoms with Gasteiger partial charge in [0, 0.05) is 0 Å². The molecule has 0 aromatic heterocycles. The van der Waals surface area contributed by atoms with Gasteiger partial charge in [-0.05, 0) is 35.4 Å². The summed E-state index contributed by atoms with van der Waals surface area (Å²) in [5.41, 5.74) is 9.53. The van der Waals surface area contributed by atoms with E-state index in [9.17, 15) is 0 Å². The molecule has 7 aromatic carbocycles. The van der Waals surface area contributed by atoms with Crippen LogP contribution in [0.2, 0.25) is 0 Å². The van der Waals surface area contributed by atoms with E-state index < -0.39 is 0 Å². The van der Waals surface area contributed by atoms with Crippen LogP contribution in [-0.4, -0.2) is 8.15 Å². The van der Waals surface area contributed by atoms with Gasteiger partial charge in [0.1, 0.15) is 0 Å². The number of fused-ring (bicyclic) bond motifs is 2. The van der Waals surface area contributed by atoms with Gasteiger partial charge in [-0.2, -0.15) is 25.0 Å². The number of hydrogen-bond acceptors (Lipinski definition) is 0. The first-order valence-corrected chi connectivity index (χ1v) is 22.0. The molecule has 7 rings (SSSR count). The Hall–Kier alpha value is -3.88. The predicted octanol–water partition coefficient (Wildman–Crippen LogP) is 13.7. The first-order chi connectivity index (χ1) is 25.0. The second kappa shape index (κ2) is 23.6. The van der Waals surface area contributed by atoms with Crippen molar-refractivity contribution in [2.45, 2.75) is 72.1 Å². The van der Waals surface area contributed by atoms with Crippen molar-refractivity contribution in [3.63, 3.8) is 0 Å². The fourth-order valence-corrected chi connectivity index (χ4v) is 6.00. The molecular weight excluding hydrogens is 668 g/mol. The van der Waals surface area contributed by atoms with Crippen LogP contribution in [0.5, 0.6) is 0 Å². The molecule has 0 aliphatic heterocycles. The van der Waals surface area contributed by atoms with Gasteiger partial charge in [0.2, 0.25) is 0 Å². The van der Waals surface area contributed by atoms with Crippen molar-refractivity contribution in [3.05, 3.63) is 182 Å². The third-order valence-electron chi connectivity index (χ3n) is 8.97. The molecule has 51 heavy (non-hydrogen) atoms. The van der Waals surface area contributed by atoms with Crippen LogP contribution in [0.25, 0.3) is 43.8 Å². The van der Waals surface area contributed by atoms with E-state index in [1.807, 2.05) is 0 Å². The Bertz CT molecular complexity index is 1810. The van der Waals surface area contributed by atoms with Crippen LogP contribution in [0.1, 0.15) is 76.0 Å². The Morgan fingerprint density at radius 3 is 1.29 bits per heavy atom. The molecular formula is C49H56SiV-4. The van der Waals surface area contributed by atoms with Gasteiger partial charge in [0.05, 0.1) is 0 Å². The SMILES string of the molecule is CCc1cc2c(-c3ccccc3)cccc2[cH-]1.CCc1cc2c(-c3ccccc3)cccc2[cH-]1.[CH2-]CCC.[CH2-]CCC(C)c1ccccc1.[SiH2]=[V]. The minimum absolute atomic E-state index is 0.661. The van der Waals surface area contributed by atoms with E-state index >= 15 is 0 Å². The topological polar surface area (TPSA) is 0 Å². The first-order valence-electron chi connectivity index (χ1n) is 18.4. The van der Waals surface area contributed by atoms with Gasteiger partial charge in [-0.15, -0.1) is 69.1 Å². The van der Waals surface area contributed by atoms with Crippen LogP contribution in [0.15, 0.2) is 152 Å². The van der Waals surface area contributed by atoms with Crippen LogP contribution < -0.4 is 0 Å². The van der Waals surface area contributed by atoms with Crippen LogP contribution in [-0.2, 0) is 29.1 Å². The van der Waals surface area contributed by atoms with Crippen molar-refractivity contribution in [1.29, 1.82) is 0 Å². The molecule has 0 radical (unpaired) electrons. The minimum atomic E-state index is 0.661. The molecule has 0 saturated heterocycles. The maximum absolute atomic E-state index is 3.85. The van der Waals surface area contributed by atoms with Gasteiger partial charge >= 0.3 is 24.4 Å². The van der Waals surface area contributed by atoms with E-state index in [0.29, 0.717) is 5.92 Å². The standard InChI is InChI=1S/2C17H15.C11H15.C4H9.H2Si.V/c2*1-2-13-11-15-9-6-10-16(17(15)12-13)14-7-4-3-5-8-14;1-3-7-10(2)11-8-5-4-6-9-11;1-3-4-2;;/h2*3-12H,2H2,1H3;4-6,8-10H,1,3,7H2,2H3;1,3-4H2,2H3;1H2;/q4*-1;;. The second-order valence-corrected chi connectivity index (χ2v) is 12.6. The normalized spacial score (nSPS) is 10.7. The van der Waals surface area contributed by atoms with Crippen molar-refractivity contribution < 1.29 is 16.3 Å². The monoisotopic (exact) mass is 723 g/mol. The summed E-state index contributed by atoms with van der Waals surface area (Å²) in [7, 11) is 1.80. The summed E-state index contributed by atoms with van der Waals surface area (Å²) in [5.74, 6) is 0.661. The Balaban J connectivity index is 0.000000196. The van der Waals surface area contributed by atoms with E-state index in [4.69, 9.17) is 0 Å². The fraction of sp³-hybridized carbons (Fsp3) is 0.224. The molecule has 0 nitrogen and oxygen atoms in total. The van der Waals surface area contributed by atoms with Crippen molar-refractivity contribution >= 4 is 29.7 Å². The van der Waals surface area contributed by atoms with Crippen LogP contribution in [0, 0.1) is 13.8 Å². The Kier molecular flexibility index (Phi) is 19.2. The molecule has 0 spiro atoms. The molecule has 2 heteroatoms. The fourth-order valence-electron chi connectivity index (χ4n) is 6.00. The quantitative estimate of drug-likeness (QED) is 0.108. The average Bonchev–Trinajstić information content (AvgIpc) is 3.85. The Morgan fingerprint density at radius 1 is 0.549 bits per heavy atom. The van der Waals surface area contributed by atoms with Crippen molar-refractivity contribution in [1.82, 2.24) is 0 Å². The molecule has 0 saturated carbocycles. The second-order valence-electron chi connectivity index (χ2n) is 12.6. The summed E-state index contributed by atoms with van der Waals surface area (Å²) in [6, 6.07) is 54.1. The number of aryl methyl sites for hydroxylation is 2. The molecule has 0 N–H and O–H groups in total. The molecule has 0 aliphatic rings. The maximum atomic E-state index is 3.85. The third kappa shape index (κ3) is 12.7. The molecule has 0 aliphatic carbocycles. The zero-order valence-electron chi connectivity index (χ0n) is 31.3. The molecule has 7 aromatic rings. The van der Waals surface area contributed by atoms with Gasteiger partial charge in [-0.3, -0.25) is 0 Å². The molecule has 1 atom stereocenters. The number of hydrogen-bond donors (Lipinski definition) is 0. The number of unbranched alkanes of at least 4 members (excludes halogenated alkanes) is 1. The van der Waals surface area contributed by atoms with Gasteiger partial charge < -0.3 is 13.8 Å². The summed E-state index contributed by atoms with van der Waals surface area (Å²) in [5, 5.41) is 5.44. The van der Waals surface area contributed by atoms with Crippen LogP contribution in [0.4, 0.5) is 0 Å². The van der Waals surface area contributed by atoms with Crippen LogP contribution >= 0.6 is 0 Å². The van der Waals surface area contributed by atoms with Gasteiger partial charge in [-0.1, -0.05) is 155 Å². The molecule has 265 valence electrons. The summed E-state index contributed by atoms with van der Waals surface area (Å²) in [6.07, 6.45) is 6.69. The van der Waals surface area contributed by atoms with E-state index in [1.54, 1.807) is 8.15 Å². The zero-order chi connectivity index (χ0) is 36.8. The predicted molar refractivity (Wildman–Crippen MR) is 227 cm³/mol. The van der Waals surface area contributed by atoms with Crippen molar-refractivity contribution in [2.75, 3.05) is 0 Å². The first kappa shape index (κ1) is 41.5. The van der Waals surface area contributed by atoms with E-state index in [2.05, 4.69) is 209 Å². The average molecular weight is 724 g/mol. The van der Waals surface area contributed by atoms with Crippen molar-refractivity contribution in [2.24, 2.45) is 0 Å². The number of rotatable bonds is 8. The van der Waals surface area contributed by atoms with Gasteiger partial charge in [0.25, 0.3) is 0 Å². The van der Waals surface area contributed by atoms with E-state index in [-0.39, 0.29) is 0 Å². The summed E-state index contributed by atoms with van der Waals surface area (Å²) in [6.45, 7) is 16.2. The Morgan fingerprint density at radius 2 is 0.941 bits per heavy atom. The molecule has 0 amide bonds. The van der Waals surface area contributed by atoms with E-state index in [0.717, 1.165) is 25.7 Å². The van der Waals surface area contributed by atoms with Gasteiger partial charge in [0.15, 0.2) is 0 Å². The van der Waals surface area contributed by atoms with E-state index in [1.165, 1.54) is 73.3 Å². The molecule has 0 fully saturated rings. The molecule has 1 unspecified atom stereocenters. The van der Waals surface area contributed by atoms with Crippen molar-refractivity contribution in [3.8, 4) is 22.3 Å². The summed E-state index contributed by atoms with van der Waals surface area (Å²) >= 11 is 2.34. The summed E-state index contributed by atoms with van der Waals surface area (Å²) in [4.78, 5) is 0. The third-order valence-corrected chi connectivity index (χ3v) is 8.97. The zero-order valence-corrected chi connectivity index (χ0v) is 34.1. The molecule has 0 heterocycles. The molecule has 0 bridgehead atoms. The van der Waals surface area contributed by atoms with Gasteiger partial charge in [-0.25, -0.2) is 0 Å². The van der Waals surface area contributed by atoms with Crippen LogP contribution in [0.3, 0.4) is 0 Å².